The Morgan fingerprint density at radius 3 is 2.50 bits per heavy atom. The van der Waals surface area contributed by atoms with Gasteiger partial charge in [0.1, 0.15) is 5.03 Å². The van der Waals surface area contributed by atoms with Gasteiger partial charge in [-0.3, -0.25) is 10.1 Å². The normalized spacial score (nSPS) is 10.2. The summed E-state index contributed by atoms with van der Waals surface area (Å²) in [4.78, 5) is 18.1. The molecule has 18 heavy (non-hydrogen) atoms. The number of rotatable bonds is 4. The maximum atomic E-state index is 10.5. The van der Waals surface area contributed by atoms with Crippen LogP contribution in [0.3, 0.4) is 0 Å². The van der Waals surface area contributed by atoms with Crippen LogP contribution in [0.2, 0.25) is 0 Å². The average Bonchev–Trinajstić information content (AvgIpc) is 2.38. The number of hydrogen-bond acceptors (Lipinski definition) is 6. The van der Waals surface area contributed by atoms with Crippen molar-refractivity contribution in [3.63, 3.8) is 0 Å². The second kappa shape index (κ2) is 5.46. The van der Waals surface area contributed by atoms with Gasteiger partial charge in [-0.2, -0.15) is 0 Å². The van der Waals surface area contributed by atoms with Crippen molar-refractivity contribution >= 4 is 23.3 Å². The molecule has 0 aliphatic carbocycles. The lowest BCUT2D eigenvalue weighted by molar-refractivity contribution is -0.384. The lowest BCUT2D eigenvalue weighted by Gasteiger charge is -2.02. The minimum absolute atomic E-state index is 0.0859. The Balaban J connectivity index is 2.02. The third-order valence-corrected chi connectivity index (χ3v) is 3.28. The first-order valence-corrected chi connectivity index (χ1v) is 6.08. The molecule has 0 saturated carbocycles. The molecule has 0 aliphatic heterocycles. The molecule has 0 spiro atoms. The van der Waals surface area contributed by atoms with Crippen LogP contribution in [0.1, 0.15) is 5.56 Å². The van der Waals surface area contributed by atoms with Gasteiger partial charge in [0, 0.05) is 30.3 Å². The zero-order valence-electron chi connectivity index (χ0n) is 9.31. The second-order valence-corrected chi connectivity index (χ2v) is 4.42. The van der Waals surface area contributed by atoms with Crippen molar-refractivity contribution in [3.8, 4) is 0 Å². The van der Waals surface area contributed by atoms with Gasteiger partial charge in [-0.05, 0) is 5.56 Å². The Kier molecular flexibility index (Phi) is 3.73. The minimum atomic E-state index is -0.419. The number of nitro benzene ring substituents is 1. The topological polar surface area (TPSA) is 94.9 Å². The fourth-order valence-corrected chi connectivity index (χ4v) is 2.14. The number of anilines is 1. The first kappa shape index (κ1) is 12.3. The molecule has 0 amide bonds. The van der Waals surface area contributed by atoms with E-state index in [9.17, 15) is 10.1 Å². The van der Waals surface area contributed by atoms with Crippen molar-refractivity contribution in [2.45, 2.75) is 10.8 Å². The van der Waals surface area contributed by atoms with Gasteiger partial charge in [0.25, 0.3) is 5.69 Å². The molecule has 0 radical (unpaired) electrons. The standard InChI is InChI=1S/C11H10N4O2S/c12-10-11(14-6-5-13-10)18-7-8-1-3-9(4-2-8)15(16)17/h1-6H,7H2,(H2,12,13). The highest BCUT2D eigenvalue weighted by Crippen LogP contribution is 2.24. The van der Waals surface area contributed by atoms with Gasteiger partial charge in [0.15, 0.2) is 5.82 Å². The van der Waals surface area contributed by atoms with Crippen molar-refractivity contribution in [2.24, 2.45) is 0 Å². The first-order valence-electron chi connectivity index (χ1n) is 5.09. The fourth-order valence-electron chi connectivity index (χ4n) is 1.31. The van der Waals surface area contributed by atoms with Crippen LogP contribution in [-0.4, -0.2) is 14.9 Å². The Labute approximate surface area is 107 Å². The molecule has 1 aromatic heterocycles. The lowest BCUT2D eigenvalue weighted by atomic mass is 10.2. The zero-order chi connectivity index (χ0) is 13.0. The van der Waals surface area contributed by atoms with Crippen LogP contribution in [0.25, 0.3) is 0 Å². The molecule has 2 aromatic rings. The first-order chi connectivity index (χ1) is 8.66. The minimum Gasteiger partial charge on any atom is -0.381 e. The van der Waals surface area contributed by atoms with E-state index >= 15 is 0 Å². The van der Waals surface area contributed by atoms with E-state index in [1.54, 1.807) is 18.3 Å². The molecule has 1 aromatic carbocycles. The Morgan fingerprint density at radius 1 is 1.22 bits per heavy atom. The monoisotopic (exact) mass is 262 g/mol. The number of aromatic nitrogens is 2. The molecule has 0 atom stereocenters. The van der Waals surface area contributed by atoms with E-state index in [1.807, 2.05) is 0 Å². The smallest absolute Gasteiger partial charge is 0.269 e. The highest BCUT2D eigenvalue weighted by atomic mass is 32.2. The molecule has 0 saturated heterocycles. The molecule has 2 rings (SSSR count). The van der Waals surface area contributed by atoms with Crippen molar-refractivity contribution in [1.29, 1.82) is 0 Å². The average molecular weight is 262 g/mol. The summed E-state index contributed by atoms with van der Waals surface area (Å²) in [6.07, 6.45) is 3.11. The van der Waals surface area contributed by atoms with Crippen molar-refractivity contribution in [1.82, 2.24) is 9.97 Å². The van der Waals surface area contributed by atoms with E-state index in [0.717, 1.165) is 5.56 Å². The predicted octanol–water partition coefficient (Wildman–Crippen LogP) is 2.26. The Bertz CT molecular complexity index is 559. The van der Waals surface area contributed by atoms with E-state index in [2.05, 4.69) is 9.97 Å². The van der Waals surface area contributed by atoms with Crippen LogP contribution >= 0.6 is 11.8 Å². The Morgan fingerprint density at radius 2 is 1.89 bits per heavy atom. The van der Waals surface area contributed by atoms with E-state index in [1.165, 1.54) is 30.1 Å². The van der Waals surface area contributed by atoms with Crippen LogP contribution in [0.5, 0.6) is 0 Å². The summed E-state index contributed by atoms with van der Waals surface area (Å²) in [6, 6.07) is 6.40. The number of nitrogens with two attached hydrogens (primary N) is 1. The largest absolute Gasteiger partial charge is 0.381 e. The van der Waals surface area contributed by atoms with Gasteiger partial charge in [0.05, 0.1) is 4.92 Å². The molecular formula is C11H10N4O2S. The maximum absolute atomic E-state index is 10.5. The van der Waals surface area contributed by atoms with Crippen LogP contribution < -0.4 is 5.73 Å². The summed E-state index contributed by atoms with van der Waals surface area (Å²) in [5.41, 5.74) is 6.72. The molecular weight excluding hydrogens is 252 g/mol. The quantitative estimate of drug-likeness (QED) is 0.516. The predicted molar refractivity (Wildman–Crippen MR) is 69.1 cm³/mol. The number of thioether (sulfide) groups is 1. The van der Waals surface area contributed by atoms with Gasteiger partial charge in [-0.25, -0.2) is 9.97 Å². The summed E-state index contributed by atoms with van der Waals surface area (Å²) in [5.74, 6) is 1.03. The summed E-state index contributed by atoms with van der Waals surface area (Å²) < 4.78 is 0. The zero-order valence-corrected chi connectivity index (χ0v) is 10.1. The van der Waals surface area contributed by atoms with E-state index < -0.39 is 4.92 Å². The molecule has 0 aliphatic rings. The van der Waals surface area contributed by atoms with Crippen LogP contribution in [0, 0.1) is 10.1 Å². The fraction of sp³-hybridized carbons (Fsp3) is 0.0909. The highest BCUT2D eigenvalue weighted by Gasteiger charge is 2.06. The molecule has 6 nitrogen and oxygen atoms in total. The molecule has 0 fully saturated rings. The van der Waals surface area contributed by atoms with Gasteiger partial charge < -0.3 is 5.73 Å². The van der Waals surface area contributed by atoms with Gasteiger partial charge in [-0.15, -0.1) is 0 Å². The summed E-state index contributed by atoms with van der Waals surface area (Å²) in [7, 11) is 0. The third kappa shape index (κ3) is 2.95. The van der Waals surface area contributed by atoms with Gasteiger partial charge in [-0.1, -0.05) is 23.9 Å². The van der Waals surface area contributed by atoms with Crippen LogP contribution in [0.15, 0.2) is 41.7 Å². The van der Waals surface area contributed by atoms with Crippen molar-refractivity contribution in [3.05, 3.63) is 52.3 Å². The van der Waals surface area contributed by atoms with Crippen molar-refractivity contribution in [2.75, 3.05) is 5.73 Å². The summed E-state index contributed by atoms with van der Waals surface area (Å²) >= 11 is 1.45. The van der Waals surface area contributed by atoms with Gasteiger partial charge in [0.2, 0.25) is 0 Å². The number of nitrogen functional groups attached to an aromatic ring is 1. The number of hydrogen-bond donors (Lipinski definition) is 1. The second-order valence-electron chi connectivity index (χ2n) is 3.46. The third-order valence-electron chi connectivity index (χ3n) is 2.21. The summed E-state index contributed by atoms with van der Waals surface area (Å²) in [6.45, 7) is 0. The number of nitrogens with zero attached hydrogens (tertiary/aromatic N) is 3. The molecule has 7 heteroatoms. The number of non-ortho nitro benzene ring substituents is 1. The van der Waals surface area contributed by atoms with Crippen LogP contribution in [-0.2, 0) is 5.75 Å². The van der Waals surface area contributed by atoms with Gasteiger partial charge >= 0.3 is 0 Å². The SMILES string of the molecule is Nc1nccnc1SCc1ccc([N+](=O)[O-])cc1. The maximum Gasteiger partial charge on any atom is 0.269 e. The Hall–Kier alpha value is -2.15. The van der Waals surface area contributed by atoms with E-state index in [4.69, 9.17) is 5.73 Å². The number of nitro groups is 1. The van der Waals surface area contributed by atoms with E-state index in [-0.39, 0.29) is 5.69 Å². The highest BCUT2D eigenvalue weighted by molar-refractivity contribution is 7.98. The summed E-state index contributed by atoms with van der Waals surface area (Å²) in [5, 5.41) is 11.2. The van der Waals surface area contributed by atoms with Crippen LogP contribution in [0.4, 0.5) is 11.5 Å². The molecule has 2 N–H and O–H groups in total. The van der Waals surface area contributed by atoms with E-state index in [0.29, 0.717) is 16.6 Å². The molecule has 92 valence electrons. The molecule has 0 bridgehead atoms. The van der Waals surface area contributed by atoms with Crippen molar-refractivity contribution < 1.29 is 4.92 Å². The lowest BCUT2D eigenvalue weighted by Crippen LogP contribution is -1.95. The molecule has 0 unspecified atom stereocenters. The molecule has 1 heterocycles. The number of benzene rings is 1.